The van der Waals surface area contributed by atoms with Crippen molar-refractivity contribution in [1.29, 1.82) is 0 Å². The molecule has 2 aromatic rings. The third-order valence-corrected chi connectivity index (χ3v) is 7.34. The minimum atomic E-state index is -3.45. The van der Waals surface area contributed by atoms with Gasteiger partial charge in [-0.15, -0.1) is 11.3 Å². The van der Waals surface area contributed by atoms with Gasteiger partial charge in [0.25, 0.3) is 10.0 Å². The highest BCUT2D eigenvalue weighted by Gasteiger charge is 2.34. The fourth-order valence-electron chi connectivity index (χ4n) is 2.48. The van der Waals surface area contributed by atoms with E-state index < -0.39 is 10.0 Å². The van der Waals surface area contributed by atoms with E-state index in [1.54, 1.807) is 6.07 Å². The Bertz CT molecular complexity index is 807. The van der Waals surface area contributed by atoms with Gasteiger partial charge in [-0.05, 0) is 25.0 Å². The van der Waals surface area contributed by atoms with Crippen molar-refractivity contribution < 1.29 is 17.9 Å². The zero-order valence-corrected chi connectivity index (χ0v) is 15.1. The van der Waals surface area contributed by atoms with Crippen molar-refractivity contribution in [2.75, 3.05) is 20.2 Å². The van der Waals surface area contributed by atoms with E-state index >= 15 is 0 Å². The van der Waals surface area contributed by atoms with Gasteiger partial charge < -0.3 is 9.47 Å². The molecule has 3 rings (SSSR count). The molecule has 1 saturated heterocycles. The lowest BCUT2D eigenvalue weighted by atomic mass is 10.3. The quantitative estimate of drug-likeness (QED) is 0.774. The second-order valence-electron chi connectivity index (χ2n) is 5.37. The molecule has 1 atom stereocenters. The molecular formula is C15H19N3O4S2. The van der Waals surface area contributed by atoms with E-state index in [9.17, 15) is 8.42 Å². The molecule has 0 radical (unpaired) electrons. The highest BCUT2D eigenvalue weighted by Crippen LogP contribution is 2.28. The summed E-state index contributed by atoms with van der Waals surface area (Å²) in [7, 11) is -1.95. The van der Waals surface area contributed by atoms with Gasteiger partial charge in [0.2, 0.25) is 11.8 Å². The number of thiophene rings is 1. The monoisotopic (exact) mass is 369 g/mol. The summed E-state index contributed by atoms with van der Waals surface area (Å²) in [4.78, 5) is 9.19. The summed E-state index contributed by atoms with van der Waals surface area (Å²) in [5.41, 5.74) is 0. The summed E-state index contributed by atoms with van der Waals surface area (Å²) >= 11 is 1.33. The number of sulfonamides is 1. The molecule has 2 aromatic heterocycles. The molecule has 130 valence electrons. The Kier molecular flexibility index (Phi) is 5.02. The normalized spacial score (nSPS) is 18.7. The average molecular weight is 369 g/mol. The molecule has 1 aliphatic rings. The van der Waals surface area contributed by atoms with Gasteiger partial charge in [0, 0.05) is 11.4 Å². The number of ether oxygens (including phenoxy) is 2. The van der Waals surface area contributed by atoms with Crippen LogP contribution in [0.15, 0.2) is 28.7 Å². The second-order valence-corrected chi connectivity index (χ2v) is 8.70. The molecule has 24 heavy (non-hydrogen) atoms. The molecule has 3 heterocycles. The molecule has 9 heteroatoms. The van der Waals surface area contributed by atoms with E-state index in [1.807, 2.05) is 13.0 Å². The lowest BCUT2D eigenvalue weighted by Crippen LogP contribution is -2.30. The summed E-state index contributed by atoms with van der Waals surface area (Å²) in [5, 5.41) is 0. The van der Waals surface area contributed by atoms with Crippen LogP contribution in [0.1, 0.15) is 18.2 Å². The Morgan fingerprint density at radius 2 is 2.12 bits per heavy atom. The van der Waals surface area contributed by atoms with Crippen LogP contribution in [0.2, 0.25) is 0 Å². The topological polar surface area (TPSA) is 81.6 Å². The summed E-state index contributed by atoms with van der Waals surface area (Å²) < 4.78 is 38.0. The number of aryl methyl sites for hydroxylation is 1. The smallest absolute Gasteiger partial charge is 0.252 e. The maximum atomic E-state index is 12.7. The fourth-order valence-corrected chi connectivity index (χ4v) is 5.42. The molecule has 1 unspecified atom stereocenters. The van der Waals surface area contributed by atoms with Crippen LogP contribution >= 0.6 is 11.3 Å². The number of methoxy groups -OCH3 is 1. The standard InChI is InChI=1S/C15H19N3O4S2/c1-3-12-4-5-15(23-12)24(19,20)18-7-6-11(10-18)22-14-9-16-8-13(17-14)21-2/h4-5,8-9,11H,3,6-7,10H2,1-2H3. The molecule has 0 amide bonds. The fraction of sp³-hybridized carbons (Fsp3) is 0.467. The maximum Gasteiger partial charge on any atom is 0.252 e. The van der Waals surface area contributed by atoms with E-state index in [-0.39, 0.29) is 6.10 Å². The second kappa shape index (κ2) is 7.04. The Hall–Kier alpha value is -1.71. The van der Waals surface area contributed by atoms with Crippen LogP contribution in [0.25, 0.3) is 0 Å². The van der Waals surface area contributed by atoms with Crippen molar-refractivity contribution >= 4 is 21.4 Å². The van der Waals surface area contributed by atoms with Crippen molar-refractivity contribution in [2.24, 2.45) is 0 Å². The van der Waals surface area contributed by atoms with Gasteiger partial charge in [-0.25, -0.2) is 8.42 Å². The van der Waals surface area contributed by atoms with Crippen molar-refractivity contribution in [3.8, 4) is 11.8 Å². The predicted molar refractivity (Wildman–Crippen MR) is 90.1 cm³/mol. The van der Waals surface area contributed by atoms with Crippen LogP contribution in [0.4, 0.5) is 0 Å². The number of rotatable bonds is 6. The molecule has 0 saturated carbocycles. The van der Waals surface area contributed by atoms with Gasteiger partial charge in [-0.3, -0.25) is 4.98 Å². The van der Waals surface area contributed by atoms with Gasteiger partial charge in [-0.2, -0.15) is 9.29 Å². The predicted octanol–water partition coefficient (Wildman–Crippen LogP) is 1.95. The Labute approximate surface area is 145 Å². The maximum absolute atomic E-state index is 12.7. The molecule has 1 fully saturated rings. The first-order valence-corrected chi connectivity index (χ1v) is 9.90. The average Bonchev–Trinajstić information content (AvgIpc) is 3.24. The van der Waals surface area contributed by atoms with Crippen LogP contribution < -0.4 is 9.47 Å². The first kappa shape index (κ1) is 17.1. The van der Waals surface area contributed by atoms with Gasteiger partial charge in [0.05, 0.1) is 26.0 Å². The summed E-state index contributed by atoms with van der Waals surface area (Å²) in [6, 6.07) is 3.55. The molecule has 7 nitrogen and oxygen atoms in total. The molecule has 0 aromatic carbocycles. The Morgan fingerprint density at radius 3 is 2.83 bits per heavy atom. The Morgan fingerprint density at radius 1 is 1.33 bits per heavy atom. The van der Waals surface area contributed by atoms with Gasteiger partial charge >= 0.3 is 0 Å². The molecular weight excluding hydrogens is 350 g/mol. The van der Waals surface area contributed by atoms with Crippen LogP contribution in [0.3, 0.4) is 0 Å². The molecule has 0 aliphatic carbocycles. The first-order valence-electron chi connectivity index (χ1n) is 7.64. The van der Waals surface area contributed by atoms with Crippen molar-refractivity contribution in [2.45, 2.75) is 30.1 Å². The van der Waals surface area contributed by atoms with Gasteiger partial charge in [-0.1, -0.05) is 6.92 Å². The Balaban J connectivity index is 1.68. The minimum Gasteiger partial charge on any atom is -0.480 e. The third-order valence-electron chi connectivity index (χ3n) is 3.77. The van der Waals surface area contributed by atoms with Crippen molar-refractivity contribution in [1.82, 2.24) is 14.3 Å². The summed E-state index contributed by atoms with van der Waals surface area (Å²) in [6.07, 6.45) is 4.18. The summed E-state index contributed by atoms with van der Waals surface area (Å²) in [6.45, 7) is 2.75. The number of hydrogen-bond acceptors (Lipinski definition) is 7. The molecule has 1 aliphatic heterocycles. The van der Waals surface area contributed by atoms with Crippen LogP contribution in [-0.4, -0.2) is 49.0 Å². The molecule has 0 N–H and O–H groups in total. The third kappa shape index (κ3) is 3.52. The van der Waals surface area contributed by atoms with Crippen LogP contribution in [-0.2, 0) is 16.4 Å². The number of aromatic nitrogens is 2. The van der Waals surface area contributed by atoms with Crippen LogP contribution in [0.5, 0.6) is 11.8 Å². The summed E-state index contributed by atoms with van der Waals surface area (Å²) in [5.74, 6) is 0.698. The molecule has 0 spiro atoms. The molecule has 0 bridgehead atoms. The van der Waals surface area contributed by atoms with E-state index in [0.29, 0.717) is 35.5 Å². The zero-order chi connectivity index (χ0) is 17.2. The lowest BCUT2D eigenvalue weighted by Gasteiger charge is -2.16. The van der Waals surface area contributed by atoms with Gasteiger partial charge in [0.1, 0.15) is 10.3 Å². The first-order chi connectivity index (χ1) is 11.5. The van der Waals surface area contributed by atoms with E-state index in [1.165, 1.54) is 35.1 Å². The highest BCUT2D eigenvalue weighted by atomic mass is 32.2. The largest absolute Gasteiger partial charge is 0.480 e. The zero-order valence-electron chi connectivity index (χ0n) is 13.5. The minimum absolute atomic E-state index is 0.244. The van der Waals surface area contributed by atoms with Crippen LogP contribution in [0, 0.1) is 0 Å². The van der Waals surface area contributed by atoms with E-state index in [2.05, 4.69) is 9.97 Å². The SMILES string of the molecule is CCc1ccc(S(=O)(=O)N2CCC(Oc3cncc(OC)n3)C2)s1. The van der Waals surface area contributed by atoms with E-state index in [4.69, 9.17) is 9.47 Å². The van der Waals surface area contributed by atoms with E-state index in [0.717, 1.165) is 11.3 Å². The van der Waals surface area contributed by atoms with Crippen molar-refractivity contribution in [3.63, 3.8) is 0 Å². The lowest BCUT2D eigenvalue weighted by molar-refractivity contribution is 0.203. The highest BCUT2D eigenvalue weighted by molar-refractivity contribution is 7.91. The number of nitrogens with zero attached hydrogens (tertiary/aromatic N) is 3. The van der Waals surface area contributed by atoms with Gasteiger partial charge in [0.15, 0.2) is 0 Å². The van der Waals surface area contributed by atoms with Crippen molar-refractivity contribution in [3.05, 3.63) is 29.4 Å². The number of hydrogen-bond donors (Lipinski definition) is 0.